The van der Waals surface area contributed by atoms with Crippen molar-refractivity contribution in [3.8, 4) is 16.9 Å². The third-order valence-electron chi connectivity index (χ3n) is 4.27. The predicted octanol–water partition coefficient (Wildman–Crippen LogP) is 4.18. The molecule has 0 unspecified atom stereocenters. The number of urea groups is 1. The van der Waals surface area contributed by atoms with Crippen LogP contribution in [0.3, 0.4) is 0 Å². The van der Waals surface area contributed by atoms with Gasteiger partial charge in [0.2, 0.25) is 0 Å². The van der Waals surface area contributed by atoms with Crippen molar-refractivity contribution in [2.45, 2.75) is 26.3 Å². The van der Waals surface area contributed by atoms with Crippen molar-refractivity contribution in [2.24, 2.45) is 0 Å². The van der Waals surface area contributed by atoms with Gasteiger partial charge in [0.15, 0.2) is 5.82 Å². The molecule has 0 spiro atoms. The molecule has 7 heteroatoms. The molecule has 0 aliphatic carbocycles. The predicted molar refractivity (Wildman–Crippen MR) is 105 cm³/mol. The number of benzene rings is 2. The largest absolute Gasteiger partial charge is 0.382 e. The highest BCUT2D eigenvalue weighted by Gasteiger charge is 2.20. The highest BCUT2D eigenvalue weighted by molar-refractivity contribution is 5.97. The molecule has 3 rings (SSSR count). The van der Waals surface area contributed by atoms with Crippen LogP contribution in [-0.2, 0) is 0 Å². The molecule has 0 radical (unpaired) electrons. The van der Waals surface area contributed by atoms with Crippen molar-refractivity contribution in [1.82, 2.24) is 15.1 Å². The number of nitrogens with two attached hydrogens (primary N) is 1. The van der Waals surface area contributed by atoms with Gasteiger partial charge in [-0.1, -0.05) is 37.3 Å². The van der Waals surface area contributed by atoms with Gasteiger partial charge in [-0.15, -0.1) is 0 Å². The fraction of sp³-hybridized carbons (Fsp3) is 0.200. The van der Waals surface area contributed by atoms with Gasteiger partial charge in [0, 0.05) is 11.6 Å². The zero-order valence-electron chi connectivity index (χ0n) is 15.2. The number of anilines is 2. The number of nitrogen functional groups attached to an aromatic ring is 1. The summed E-state index contributed by atoms with van der Waals surface area (Å²) in [6.45, 7) is 3.91. The quantitative estimate of drug-likeness (QED) is 0.632. The SMILES string of the molecule is CC[C@@H](C)NC(=O)Nc1c(-c2ccccc2)nn(-c2ccc(F)cc2)c1N. The number of hydrogen-bond acceptors (Lipinski definition) is 3. The highest BCUT2D eigenvalue weighted by atomic mass is 19.1. The van der Waals surface area contributed by atoms with E-state index in [2.05, 4.69) is 15.7 Å². The van der Waals surface area contributed by atoms with Gasteiger partial charge in [0.05, 0.1) is 5.69 Å². The Morgan fingerprint density at radius 1 is 1.19 bits per heavy atom. The van der Waals surface area contributed by atoms with Crippen LogP contribution >= 0.6 is 0 Å². The molecule has 27 heavy (non-hydrogen) atoms. The fourth-order valence-electron chi connectivity index (χ4n) is 2.61. The molecular formula is C20H22FN5O. The summed E-state index contributed by atoms with van der Waals surface area (Å²) in [4.78, 5) is 12.3. The molecule has 2 aromatic carbocycles. The highest BCUT2D eigenvalue weighted by Crippen LogP contribution is 2.34. The first-order valence-electron chi connectivity index (χ1n) is 8.77. The second-order valence-electron chi connectivity index (χ2n) is 6.27. The second-order valence-corrected chi connectivity index (χ2v) is 6.27. The lowest BCUT2D eigenvalue weighted by Gasteiger charge is -2.13. The van der Waals surface area contributed by atoms with Crippen molar-refractivity contribution in [3.63, 3.8) is 0 Å². The summed E-state index contributed by atoms with van der Waals surface area (Å²) in [5, 5.41) is 10.2. The molecule has 0 aliphatic rings. The van der Waals surface area contributed by atoms with Crippen LogP contribution in [0.1, 0.15) is 20.3 Å². The van der Waals surface area contributed by atoms with E-state index < -0.39 is 0 Å². The first-order valence-corrected chi connectivity index (χ1v) is 8.77. The van der Waals surface area contributed by atoms with E-state index in [1.54, 1.807) is 12.1 Å². The van der Waals surface area contributed by atoms with Crippen LogP contribution in [0, 0.1) is 5.82 Å². The average molecular weight is 367 g/mol. The Balaban J connectivity index is 2.04. The molecule has 140 valence electrons. The van der Waals surface area contributed by atoms with E-state index in [0.717, 1.165) is 12.0 Å². The summed E-state index contributed by atoms with van der Waals surface area (Å²) >= 11 is 0. The van der Waals surface area contributed by atoms with E-state index in [0.29, 0.717) is 17.1 Å². The molecule has 1 heterocycles. The topological polar surface area (TPSA) is 85.0 Å². The molecule has 0 bridgehead atoms. The minimum atomic E-state index is -0.355. The van der Waals surface area contributed by atoms with E-state index in [9.17, 15) is 9.18 Å². The monoisotopic (exact) mass is 367 g/mol. The minimum absolute atomic E-state index is 0.0264. The summed E-state index contributed by atoms with van der Waals surface area (Å²) in [6.07, 6.45) is 0.809. The van der Waals surface area contributed by atoms with Crippen LogP contribution in [0.15, 0.2) is 54.6 Å². The van der Waals surface area contributed by atoms with Gasteiger partial charge in [0.1, 0.15) is 17.2 Å². The number of aromatic nitrogens is 2. The van der Waals surface area contributed by atoms with Gasteiger partial charge >= 0.3 is 6.03 Å². The lowest BCUT2D eigenvalue weighted by Crippen LogP contribution is -2.35. The number of carbonyl (C=O) groups is 1. The third-order valence-corrected chi connectivity index (χ3v) is 4.27. The fourth-order valence-corrected chi connectivity index (χ4v) is 2.61. The lowest BCUT2D eigenvalue weighted by atomic mass is 10.1. The molecule has 1 aromatic heterocycles. The standard InChI is InChI=1S/C20H22FN5O/c1-3-13(2)23-20(27)24-18-17(14-7-5-4-6-8-14)25-26(19(18)22)16-11-9-15(21)10-12-16/h4-13H,3,22H2,1-2H3,(H2,23,24,27)/t13-/m1/s1. The Labute approximate surface area is 157 Å². The van der Waals surface area contributed by atoms with Gasteiger partial charge in [-0.2, -0.15) is 5.10 Å². The lowest BCUT2D eigenvalue weighted by molar-refractivity contribution is 0.249. The molecule has 0 saturated carbocycles. The van der Waals surface area contributed by atoms with Crippen LogP contribution in [0.2, 0.25) is 0 Å². The Morgan fingerprint density at radius 3 is 2.48 bits per heavy atom. The van der Waals surface area contributed by atoms with E-state index in [4.69, 9.17) is 5.73 Å². The second kappa shape index (κ2) is 7.90. The van der Waals surface area contributed by atoms with Crippen LogP contribution in [0.25, 0.3) is 16.9 Å². The Kier molecular flexibility index (Phi) is 5.40. The number of amides is 2. The molecule has 0 fully saturated rings. The maximum absolute atomic E-state index is 13.3. The van der Waals surface area contributed by atoms with E-state index in [1.807, 2.05) is 44.2 Å². The number of rotatable bonds is 5. The van der Waals surface area contributed by atoms with Gasteiger partial charge in [-0.25, -0.2) is 13.9 Å². The molecule has 2 amide bonds. The summed E-state index contributed by atoms with van der Waals surface area (Å²) in [7, 11) is 0. The Morgan fingerprint density at radius 2 is 1.85 bits per heavy atom. The van der Waals surface area contributed by atoms with Crippen molar-refractivity contribution < 1.29 is 9.18 Å². The Bertz CT molecular complexity index is 922. The van der Waals surface area contributed by atoms with Crippen molar-refractivity contribution in [3.05, 3.63) is 60.4 Å². The average Bonchev–Trinajstić information content (AvgIpc) is 2.99. The number of halogens is 1. The number of carbonyl (C=O) groups excluding carboxylic acids is 1. The number of hydrogen-bond donors (Lipinski definition) is 3. The first-order chi connectivity index (χ1) is 13.0. The van der Waals surface area contributed by atoms with Gasteiger partial charge < -0.3 is 16.4 Å². The van der Waals surface area contributed by atoms with E-state index in [-0.39, 0.29) is 23.7 Å². The van der Waals surface area contributed by atoms with Gasteiger partial charge in [-0.05, 0) is 37.6 Å². The number of nitrogens with zero attached hydrogens (tertiary/aromatic N) is 2. The van der Waals surface area contributed by atoms with Crippen LogP contribution in [0.5, 0.6) is 0 Å². The molecule has 0 saturated heterocycles. The van der Waals surface area contributed by atoms with Crippen molar-refractivity contribution >= 4 is 17.5 Å². The van der Waals surface area contributed by atoms with E-state index >= 15 is 0 Å². The van der Waals surface area contributed by atoms with Crippen LogP contribution < -0.4 is 16.4 Å². The van der Waals surface area contributed by atoms with E-state index in [1.165, 1.54) is 16.8 Å². The smallest absolute Gasteiger partial charge is 0.319 e. The molecule has 6 nitrogen and oxygen atoms in total. The maximum atomic E-state index is 13.3. The van der Waals surface area contributed by atoms with Gasteiger partial charge in [-0.3, -0.25) is 0 Å². The number of nitrogens with one attached hydrogen (secondary N) is 2. The summed E-state index contributed by atoms with van der Waals surface area (Å²) in [5.41, 5.74) is 8.64. The summed E-state index contributed by atoms with van der Waals surface area (Å²) < 4.78 is 14.7. The molecule has 0 aliphatic heterocycles. The van der Waals surface area contributed by atoms with Crippen molar-refractivity contribution in [1.29, 1.82) is 0 Å². The van der Waals surface area contributed by atoms with Crippen molar-refractivity contribution in [2.75, 3.05) is 11.1 Å². The zero-order valence-corrected chi connectivity index (χ0v) is 15.2. The molecule has 1 atom stereocenters. The Hall–Kier alpha value is -3.35. The first kappa shape index (κ1) is 18.4. The van der Waals surface area contributed by atoms with Crippen LogP contribution in [-0.4, -0.2) is 21.9 Å². The molecule has 3 aromatic rings. The zero-order chi connectivity index (χ0) is 19.4. The molecule has 4 N–H and O–H groups in total. The minimum Gasteiger partial charge on any atom is -0.382 e. The summed E-state index contributed by atoms with van der Waals surface area (Å²) in [5.74, 6) is -0.0844. The summed E-state index contributed by atoms with van der Waals surface area (Å²) in [6, 6.07) is 14.9. The third kappa shape index (κ3) is 4.08. The van der Waals surface area contributed by atoms with Crippen LogP contribution in [0.4, 0.5) is 20.7 Å². The maximum Gasteiger partial charge on any atom is 0.319 e. The van der Waals surface area contributed by atoms with Gasteiger partial charge in [0.25, 0.3) is 0 Å². The molecular weight excluding hydrogens is 345 g/mol. The normalized spacial score (nSPS) is 11.8.